The van der Waals surface area contributed by atoms with Crippen molar-refractivity contribution in [2.24, 2.45) is 16.9 Å². The van der Waals surface area contributed by atoms with Crippen molar-refractivity contribution in [3.8, 4) is 5.75 Å². The Hall–Kier alpha value is -2.28. The van der Waals surface area contributed by atoms with Crippen molar-refractivity contribution in [2.75, 3.05) is 19.5 Å². The summed E-state index contributed by atoms with van der Waals surface area (Å²) in [5.41, 5.74) is 16.4. The molecule has 196 valence electrons. The first kappa shape index (κ1) is 28.3. The maximum Gasteiger partial charge on any atom is 0.313 e. The Bertz CT molecular complexity index is 1070. The normalized spacial score (nSPS) is 14.9. The van der Waals surface area contributed by atoms with E-state index < -0.39 is 11.0 Å². The van der Waals surface area contributed by atoms with Gasteiger partial charge in [0.2, 0.25) is 0 Å². The predicted molar refractivity (Wildman–Crippen MR) is 151 cm³/mol. The van der Waals surface area contributed by atoms with Crippen molar-refractivity contribution in [3.63, 3.8) is 0 Å². The molecule has 0 aliphatic heterocycles. The van der Waals surface area contributed by atoms with E-state index in [1.165, 1.54) is 27.2 Å². The number of ether oxygens (including phenoxy) is 2. The Morgan fingerprint density at radius 2 is 1.83 bits per heavy atom. The van der Waals surface area contributed by atoms with Gasteiger partial charge in [0.05, 0.1) is 18.6 Å². The maximum atomic E-state index is 12.6. The van der Waals surface area contributed by atoms with Gasteiger partial charge in [-0.2, -0.15) is 0 Å². The average molecular weight is 511 g/mol. The van der Waals surface area contributed by atoms with Crippen LogP contribution in [0.1, 0.15) is 70.1 Å². The number of fused-ring (bicyclic) bond motifs is 1. The Balaban J connectivity index is 1.56. The predicted octanol–water partition coefficient (Wildman–Crippen LogP) is 6.08. The quantitative estimate of drug-likeness (QED) is 0.216. The van der Waals surface area contributed by atoms with E-state index in [0.29, 0.717) is 26.1 Å². The molecule has 2 aromatic rings. The number of rotatable bonds is 11. The third kappa shape index (κ3) is 7.61. The highest BCUT2D eigenvalue weighted by molar-refractivity contribution is 7.98. The molecule has 0 spiro atoms. The van der Waals surface area contributed by atoms with Crippen molar-refractivity contribution >= 4 is 29.4 Å². The van der Waals surface area contributed by atoms with Gasteiger partial charge in [-0.3, -0.25) is 4.79 Å². The van der Waals surface area contributed by atoms with Gasteiger partial charge in [0.25, 0.3) is 0 Å². The van der Waals surface area contributed by atoms with E-state index in [4.69, 9.17) is 20.9 Å². The van der Waals surface area contributed by atoms with Crippen molar-refractivity contribution in [2.45, 2.75) is 76.3 Å². The van der Waals surface area contributed by atoms with Gasteiger partial charge in [-0.25, -0.2) is 0 Å². The summed E-state index contributed by atoms with van der Waals surface area (Å²) in [6.07, 6.45) is 8.86. The highest BCUT2D eigenvalue weighted by Gasteiger charge is 2.38. The zero-order valence-electron chi connectivity index (χ0n) is 22.4. The SMILES string of the molecule is CSc1ccccc1C1=Cc2cc(OCCCOC(=O)C(C)(C)C(N)CC(C)(C)N)ccc2CCC1. The lowest BCUT2D eigenvalue weighted by Crippen LogP contribution is -2.50. The molecule has 0 heterocycles. The summed E-state index contributed by atoms with van der Waals surface area (Å²) in [6.45, 7) is 8.22. The monoisotopic (exact) mass is 510 g/mol. The Kier molecular flexibility index (Phi) is 9.67. The molecule has 0 fully saturated rings. The zero-order valence-corrected chi connectivity index (χ0v) is 23.3. The number of hydrogen-bond acceptors (Lipinski definition) is 6. The van der Waals surface area contributed by atoms with Gasteiger partial charge in [0.1, 0.15) is 5.75 Å². The number of carbonyl (C=O) groups is 1. The van der Waals surface area contributed by atoms with Gasteiger partial charge < -0.3 is 20.9 Å². The molecule has 3 rings (SSSR count). The van der Waals surface area contributed by atoms with Crippen LogP contribution >= 0.6 is 11.8 Å². The molecule has 6 heteroatoms. The van der Waals surface area contributed by atoms with Crippen LogP contribution in [-0.4, -0.2) is 37.0 Å². The molecule has 0 saturated carbocycles. The Labute approximate surface area is 221 Å². The van der Waals surface area contributed by atoms with Gasteiger partial charge in [-0.1, -0.05) is 30.3 Å². The molecule has 1 aliphatic carbocycles. The summed E-state index contributed by atoms with van der Waals surface area (Å²) in [5.74, 6) is 0.538. The topological polar surface area (TPSA) is 87.6 Å². The molecular formula is C30H42N2O3S. The van der Waals surface area contributed by atoms with Crippen LogP contribution < -0.4 is 16.2 Å². The minimum Gasteiger partial charge on any atom is -0.493 e. The van der Waals surface area contributed by atoms with Gasteiger partial charge >= 0.3 is 5.97 Å². The second-order valence-electron chi connectivity index (χ2n) is 10.9. The Morgan fingerprint density at radius 1 is 1.08 bits per heavy atom. The summed E-state index contributed by atoms with van der Waals surface area (Å²) in [4.78, 5) is 13.9. The van der Waals surface area contributed by atoms with Gasteiger partial charge in [-0.05, 0) is 100 Å². The first-order valence-electron chi connectivity index (χ1n) is 12.8. The van der Waals surface area contributed by atoms with E-state index in [2.05, 4.69) is 48.7 Å². The minimum absolute atomic E-state index is 0.293. The van der Waals surface area contributed by atoms with E-state index in [-0.39, 0.29) is 12.0 Å². The average Bonchev–Trinajstić information content (AvgIpc) is 3.04. The maximum absolute atomic E-state index is 12.6. The standard InChI is InChI=1S/C30H42N2O3S/c1-29(2,32)20-27(31)30(3,4)28(33)35-17-9-16-34-24-15-14-21-10-8-11-22(18-23(21)19-24)25-12-6-7-13-26(25)36-5/h6-7,12-15,18-19,27H,8-11,16-17,20,31-32H2,1-5H3. The van der Waals surface area contributed by atoms with Crippen molar-refractivity contribution < 1.29 is 14.3 Å². The molecule has 5 nitrogen and oxygen atoms in total. The molecule has 1 aliphatic rings. The lowest BCUT2D eigenvalue weighted by Gasteiger charge is -2.33. The fraction of sp³-hybridized carbons (Fsp3) is 0.500. The van der Waals surface area contributed by atoms with Crippen LogP contribution in [0.4, 0.5) is 0 Å². The third-order valence-electron chi connectivity index (χ3n) is 6.78. The first-order chi connectivity index (χ1) is 17.0. The molecule has 0 amide bonds. The fourth-order valence-corrected chi connectivity index (χ4v) is 5.08. The van der Waals surface area contributed by atoms with Crippen LogP contribution in [0, 0.1) is 5.41 Å². The number of benzene rings is 2. The third-order valence-corrected chi connectivity index (χ3v) is 7.58. The minimum atomic E-state index is -0.798. The van der Waals surface area contributed by atoms with Crippen LogP contribution in [0.2, 0.25) is 0 Å². The van der Waals surface area contributed by atoms with Crippen LogP contribution in [0.15, 0.2) is 47.4 Å². The van der Waals surface area contributed by atoms with Crippen LogP contribution in [0.25, 0.3) is 11.6 Å². The highest BCUT2D eigenvalue weighted by Crippen LogP contribution is 2.35. The molecule has 36 heavy (non-hydrogen) atoms. The molecule has 0 saturated heterocycles. The smallest absolute Gasteiger partial charge is 0.313 e. The number of thioether (sulfide) groups is 1. The van der Waals surface area contributed by atoms with Gasteiger partial charge in [0.15, 0.2) is 0 Å². The van der Waals surface area contributed by atoms with Gasteiger partial charge in [-0.15, -0.1) is 11.8 Å². The van der Waals surface area contributed by atoms with Crippen LogP contribution in [0.5, 0.6) is 5.75 Å². The number of hydrogen-bond donors (Lipinski definition) is 2. The van der Waals surface area contributed by atoms with E-state index >= 15 is 0 Å². The molecule has 0 aromatic heterocycles. The lowest BCUT2D eigenvalue weighted by molar-refractivity contribution is -0.155. The first-order valence-corrected chi connectivity index (χ1v) is 14.0. The van der Waals surface area contributed by atoms with Crippen molar-refractivity contribution in [1.29, 1.82) is 0 Å². The Morgan fingerprint density at radius 3 is 2.56 bits per heavy atom. The molecule has 2 aromatic carbocycles. The molecule has 1 unspecified atom stereocenters. The van der Waals surface area contributed by atoms with E-state index in [1.54, 1.807) is 11.8 Å². The highest BCUT2D eigenvalue weighted by atomic mass is 32.2. The van der Waals surface area contributed by atoms with Crippen LogP contribution in [0.3, 0.4) is 0 Å². The summed E-state index contributed by atoms with van der Waals surface area (Å²) < 4.78 is 11.5. The number of esters is 1. The van der Waals surface area contributed by atoms with Crippen molar-refractivity contribution in [1.82, 2.24) is 0 Å². The zero-order chi connectivity index (χ0) is 26.3. The largest absolute Gasteiger partial charge is 0.493 e. The summed E-state index contributed by atoms with van der Waals surface area (Å²) in [7, 11) is 0. The van der Waals surface area contributed by atoms with Crippen LogP contribution in [-0.2, 0) is 16.0 Å². The lowest BCUT2D eigenvalue weighted by atomic mass is 9.79. The molecule has 0 radical (unpaired) electrons. The summed E-state index contributed by atoms with van der Waals surface area (Å²) >= 11 is 1.79. The number of nitrogens with two attached hydrogens (primary N) is 2. The van der Waals surface area contributed by atoms with Gasteiger partial charge in [0, 0.05) is 22.9 Å². The summed E-state index contributed by atoms with van der Waals surface area (Å²) in [5, 5.41) is 0. The van der Waals surface area contributed by atoms with E-state index in [9.17, 15) is 4.79 Å². The van der Waals surface area contributed by atoms with E-state index in [0.717, 1.165) is 25.0 Å². The fourth-order valence-electron chi connectivity index (χ4n) is 4.45. The summed E-state index contributed by atoms with van der Waals surface area (Å²) in [6, 6.07) is 14.6. The second-order valence-corrected chi connectivity index (χ2v) is 11.8. The number of carbonyl (C=O) groups excluding carboxylic acids is 1. The molecular weight excluding hydrogens is 468 g/mol. The second kappa shape index (κ2) is 12.3. The number of aryl methyl sites for hydroxylation is 1. The van der Waals surface area contributed by atoms with E-state index in [1.807, 2.05) is 33.8 Å². The molecule has 0 bridgehead atoms. The molecule has 1 atom stereocenters. The number of allylic oxidation sites excluding steroid dienone is 1. The van der Waals surface area contributed by atoms with Crippen molar-refractivity contribution in [3.05, 3.63) is 59.2 Å². The molecule has 4 N–H and O–H groups in total.